The summed E-state index contributed by atoms with van der Waals surface area (Å²) in [5.74, 6) is -0.801. The molecule has 0 saturated carbocycles. The second-order valence-electron chi connectivity index (χ2n) is 5.14. The van der Waals surface area contributed by atoms with Gasteiger partial charge in [-0.25, -0.2) is 4.98 Å². The van der Waals surface area contributed by atoms with Gasteiger partial charge in [-0.2, -0.15) is 0 Å². The fourth-order valence-corrected chi connectivity index (χ4v) is 3.18. The molecule has 0 fully saturated rings. The van der Waals surface area contributed by atoms with Crippen molar-refractivity contribution in [1.29, 1.82) is 0 Å². The summed E-state index contributed by atoms with van der Waals surface area (Å²) in [5, 5.41) is 12.7. The Labute approximate surface area is 139 Å². The van der Waals surface area contributed by atoms with Gasteiger partial charge in [-0.3, -0.25) is 9.69 Å². The molecule has 1 aromatic heterocycles. The van der Waals surface area contributed by atoms with Crippen LogP contribution < -0.4 is 0 Å². The van der Waals surface area contributed by atoms with Crippen LogP contribution in [0.4, 0.5) is 0 Å². The van der Waals surface area contributed by atoms with Crippen molar-refractivity contribution >= 4 is 28.9 Å². The van der Waals surface area contributed by atoms with E-state index in [1.807, 2.05) is 41.5 Å². The molecule has 0 radical (unpaired) electrons. The molecular formula is C16H19ClN2O2S. The topological polar surface area (TPSA) is 53.4 Å². The molecule has 1 N–H and O–H groups in total. The van der Waals surface area contributed by atoms with Crippen LogP contribution in [0.25, 0.3) is 0 Å². The number of carbonyl (C=O) groups is 1. The summed E-state index contributed by atoms with van der Waals surface area (Å²) in [6.07, 6.45) is 1.70. The van der Waals surface area contributed by atoms with Crippen LogP contribution in [0.5, 0.6) is 0 Å². The lowest BCUT2D eigenvalue weighted by molar-refractivity contribution is -0.138. The molecule has 0 atom stereocenters. The van der Waals surface area contributed by atoms with Crippen molar-refractivity contribution in [1.82, 2.24) is 9.88 Å². The predicted octanol–water partition coefficient (Wildman–Crippen LogP) is 3.68. The van der Waals surface area contributed by atoms with E-state index in [9.17, 15) is 4.79 Å². The average Bonchev–Trinajstić information content (AvgIpc) is 2.88. The van der Waals surface area contributed by atoms with Gasteiger partial charge in [0.05, 0.1) is 17.2 Å². The maximum Gasteiger partial charge on any atom is 0.317 e. The SMILES string of the molecule is CCCN(CC(=O)O)Cc1csc(Cc2ccc(Cl)cc2)n1. The zero-order valence-electron chi connectivity index (χ0n) is 12.5. The Kier molecular flexibility index (Phi) is 6.36. The largest absolute Gasteiger partial charge is 0.480 e. The van der Waals surface area contributed by atoms with Gasteiger partial charge in [-0.15, -0.1) is 11.3 Å². The fourth-order valence-electron chi connectivity index (χ4n) is 2.23. The van der Waals surface area contributed by atoms with Crippen molar-refractivity contribution in [2.45, 2.75) is 26.3 Å². The second-order valence-corrected chi connectivity index (χ2v) is 6.52. The lowest BCUT2D eigenvalue weighted by Gasteiger charge is -2.17. The summed E-state index contributed by atoms with van der Waals surface area (Å²) < 4.78 is 0. The van der Waals surface area contributed by atoms with E-state index in [-0.39, 0.29) is 6.54 Å². The molecule has 0 saturated heterocycles. The van der Waals surface area contributed by atoms with E-state index in [0.717, 1.165) is 35.1 Å². The van der Waals surface area contributed by atoms with Gasteiger partial charge < -0.3 is 5.11 Å². The van der Waals surface area contributed by atoms with E-state index < -0.39 is 5.97 Å². The first-order valence-corrected chi connectivity index (χ1v) is 8.44. The number of aliphatic carboxylic acids is 1. The van der Waals surface area contributed by atoms with Crippen LogP contribution in [-0.2, 0) is 17.8 Å². The molecular weight excluding hydrogens is 320 g/mol. The lowest BCUT2D eigenvalue weighted by atomic mass is 10.2. The molecule has 2 aromatic rings. The molecule has 0 aliphatic carbocycles. The fraction of sp³-hybridized carbons (Fsp3) is 0.375. The van der Waals surface area contributed by atoms with E-state index in [4.69, 9.17) is 16.7 Å². The first-order chi connectivity index (χ1) is 10.6. The predicted molar refractivity (Wildman–Crippen MR) is 89.6 cm³/mol. The molecule has 2 rings (SSSR count). The standard InChI is InChI=1S/C16H19ClN2O2S/c1-2-7-19(10-16(20)21)9-14-11-22-15(18-14)8-12-3-5-13(17)6-4-12/h3-6,11H,2,7-10H2,1H3,(H,20,21). The maximum absolute atomic E-state index is 10.9. The summed E-state index contributed by atoms with van der Waals surface area (Å²) in [5.41, 5.74) is 2.10. The number of nitrogens with zero attached hydrogens (tertiary/aromatic N) is 2. The number of hydrogen-bond acceptors (Lipinski definition) is 4. The Bertz CT molecular complexity index is 613. The highest BCUT2D eigenvalue weighted by Crippen LogP contribution is 2.18. The van der Waals surface area contributed by atoms with E-state index >= 15 is 0 Å². The van der Waals surface area contributed by atoms with E-state index in [0.29, 0.717) is 6.54 Å². The van der Waals surface area contributed by atoms with Crippen molar-refractivity contribution in [3.8, 4) is 0 Å². The van der Waals surface area contributed by atoms with Gasteiger partial charge in [-0.1, -0.05) is 30.7 Å². The van der Waals surface area contributed by atoms with Crippen LogP contribution >= 0.6 is 22.9 Å². The van der Waals surface area contributed by atoms with Crippen molar-refractivity contribution in [3.63, 3.8) is 0 Å². The van der Waals surface area contributed by atoms with Crippen molar-refractivity contribution in [2.75, 3.05) is 13.1 Å². The first-order valence-electron chi connectivity index (χ1n) is 7.18. The van der Waals surface area contributed by atoms with Crippen molar-refractivity contribution in [2.24, 2.45) is 0 Å². The Balaban J connectivity index is 1.97. The third-order valence-electron chi connectivity index (χ3n) is 3.15. The third-order valence-corrected chi connectivity index (χ3v) is 4.30. The molecule has 0 unspecified atom stereocenters. The van der Waals surface area contributed by atoms with Crippen LogP contribution in [0.1, 0.15) is 29.6 Å². The molecule has 0 bridgehead atoms. The van der Waals surface area contributed by atoms with Crippen LogP contribution in [0.15, 0.2) is 29.6 Å². The second kappa shape index (κ2) is 8.27. The summed E-state index contributed by atoms with van der Waals surface area (Å²) in [4.78, 5) is 17.4. The molecule has 0 aliphatic rings. The number of aromatic nitrogens is 1. The molecule has 1 aromatic carbocycles. The van der Waals surface area contributed by atoms with Crippen molar-refractivity contribution in [3.05, 3.63) is 50.9 Å². The number of carboxylic acid groups (broad SMARTS) is 1. The highest BCUT2D eigenvalue weighted by Gasteiger charge is 2.12. The first kappa shape index (κ1) is 16.9. The van der Waals surface area contributed by atoms with Gasteiger partial charge in [0.1, 0.15) is 0 Å². The number of halogens is 1. The number of benzene rings is 1. The Morgan fingerprint density at radius 3 is 2.73 bits per heavy atom. The molecule has 1 heterocycles. The van der Waals surface area contributed by atoms with Crippen molar-refractivity contribution < 1.29 is 9.90 Å². The van der Waals surface area contributed by atoms with Gasteiger partial charge in [0.25, 0.3) is 0 Å². The summed E-state index contributed by atoms with van der Waals surface area (Å²) in [7, 11) is 0. The van der Waals surface area contributed by atoms with Crippen LogP contribution in [0.3, 0.4) is 0 Å². The molecule has 6 heteroatoms. The molecule has 4 nitrogen and oxygen atoms in total. The normalized spacial score (nSPS) is 11.0. The molecule has 0 amide bonds. The Hall–Kier alpha value is -1.43. The maximum atomic E-state index is 10.9. The van der Waals surface area contributed by atoms with Crippen LogP contribution in [0.2, 0.25) is 5.02 Å². The molecule has 118 valence electrons. The summed E-state index contributed by atoms with van der Waals surface area (Å²) in [6, 6.07) is 7.75. The molecule has 0 aliphatic heterocycles. The highest BCUT2D eigenvalue weighted by atomic mass is 35.5. The minimum absolute atomic E-state index is 0.0535. The van der Waals surface area contributed by atoms with Gasteiger partial charge in [-0.05, 0) is 30.7 Å². The van der Waals surface area contributed by atoms with E-state index in [2.05, 4.69) is 4.98 Å². The molecule has 22 heavy (non-hydrogen) atoms. The minimum atomic E-state index is -0.801. The highest BCUT2D eigenvalue weighted by molar-refractivity contribution is 7.09. The Morgan fingerprint density at radius 1 is 1.36 bits per heavy atom. The number of rotatable bonds is 8. The van der Waals surface area contributed by atoms with Gasteiger partial charge in [0.15, 0.2) is 0 Å². The third kappa shape index (κ3) is 5.40. The summed E-state index contributed by atoms with van der Waals surface area (Å²) in [6.45, 7) is 3.44. The van der Waals surface area contributed by atoms with Gasteiger partial charge in [0, 0.05) is 23.4 Å². The number of thiazole rings is 1. The minimum Gasteiger partial charge on any atom is -0.480 e. The summed E-state index contributed by atoms with van der Waals surface area (Å²) >= 11 is 7.49. The van der Waals surface area contributed by atoms with Crippen LogP contribution in [0, 0.1) is 0 Å². The van der Waals surface area contributed by atoms with E-state index in [1.54, 1.807) is 11.3 Å². The smallest absolute Gasteiger partial charge is 0.317 e. The lowest BCUT2D eigenvalue weighted by Crippen LogP contribution is -2.30. The number of carboxylic acids is 1. The Morgan fingerprint density at radius 2 is 2.09 bits per heavy atom. The number of hydrogen-bond donors (Lipinski definition) is 1. The monoisotopic (exact) mass is 338 g/mol. The zero-order valence-corrected chi connectivity index (χ0v) is 14.0. The zero-order chi connectivity index (χ0) is 15.9. The average molecular weight is 339 g/mol. The molecule has 0 spiro atoms. The van der Waals surface area contributed by atoms with Gasteiger partial charge >= 0.3 is 5.97 Å². The van der Waals surface area contributed by atoms with E-state index in [1.165, 1.54) is 5.56 Å². The van der Waals surface area contributed by atoms with Gasteiger partial charge in [0.2, 0.25) is 0 Å². The quantitative estimate of drug-likeness (QED) is 0.797. The van der Waals surface area contributed by atoms with Crippen LogP contribution in [-0.4, -0.2) is 34.0 Å².